The molecule has 112 valence electrons. The van der Waals surface area contributed by atoms with E-state index in [4.69, 9.17) is 9.47 Å². The average Bonchev–Trinajstić information content (AvgIpc) is 2.89. The molecule has 0 aromatic heterocycles. The molecule has 2 aliphatic rings. The molecule has 2 atom stereocenters. The zero-order valence-electron chi connectivity index (χ0n) is 11.9. The molecule has 2 fully saturated rings. The van der Waals surface area contributed by atoms with Crippen LogP contribution in [0.2, 0.25) is 0 Å². The summed E-state index contributed by atoms with van der Waals surface area (Å²) in [6.45, 7) is 0.842. The van der Waals surface area contributed by atoms with Crippen LogP contribution in [0.25, 0.3) is 0 Å². The van der Waals surface area contributed by atoms with Crippen LogP contribution in [-0.2, 0) is 20.7 Å². The molecule has 0 spiro atoms. The Kier molecular flexibility index (Phi) is 4.20. The highest BCUT2D eigenvalue weighted by atomic mass is 16.6. The number of hydrogen-bond donors (Lipinski definition) is 0. The summed E-state index contributed by atoms with van der Waals surface area (Å²) in [7, 11) is 0. The number of benzene rings is 1. The number of cyclic esters (lactones) is 1. The van der Waals surface area contributed by atoms with Crippen molar-refractivity contribution in [2.24, 2.45) is 0 Å². The van der Waals surface area contributed by atoms with Gasteiger partial charge in [-0.05, 0) is 31.2 Å². The van der Waals surface area contributed by atoms with Gasteiger partial charge < -0.3 is 9.47 Å². The number of carbonyl (C=O) groups excluding carboxylic acids is 2. The Morgan fingerprint density at radius 1 is 1.24 bits per heavy atom. The van der Waals surface area contributed by atoms with Crippen molar-refractivity contribution in [3.63, 3.8) is 0 Å². The minimum absolute atomic E-state index is 0.238. The van der Waals surface area contributed by atoms with Gasteiger partial charge in [-0.3, -0.25) is 4.79 Å². The second-order valence-electron chi connectivity index (χ2n) is 5.48. The maximum atomic E-state index is 12.5. The third-order valence-electron chi connectivity index (χ3n) is 3.97. The number of imide groups is 1. The fraction of sp³-hybridized carbons (Fsp3) is 0.500. The Labute approximate surface area is 123 Å². The van der Waals surface area contributed by atoms with Gasteiger partial charge in [-0.15, -0.1) is 0 Å². The number of rotatable bonds is 3. The zero-order chi connectivity index (χ0) is 14.7. The molecular weight excluding hydrogens is 270 g/mol. The van der Waals surface area contributed by atoms with E-state index in [1.165, 1.54) is 4.90 Å². The molecule has 5 heteroatoms. The number of ether oxygens (including phenoxy) is 2. The largest absolute Gasteiger partial charge is 0.447 e. The second kappa shape index (κ2) is 6.26. The van der Waals surface area contributed by atoms with Gasteiger partial charge in [0.15, 0.2) is 0 Å². The van der Waals surface area contributed by atoms with Crippen LogP contribution in [0.1, 0.15) is 24.8 Å². The SMILES string of the molecule is O=C1OC[C@H](Cc2ccccc2)N1C(=O)C1CCCCO1. The van der Waals surface area contributed by atoms with E-state index >= 15 is 0 Å². The van der Waals surface area contributed by atoms with E-state index in [-0.39, 0.29) is 18.6 Å². The Morgan fingerprint density at radius 3 is 2.76 bits per heavy atom. The monoisotopic (exact) mass is 289 g/mol. The summed E-state index contributed by atoms with van der Waals surface area (Å²) in [6, 6.07) is 9.58. The lowest BCUT2D eigenvalue weighted by molar-refractivity contribution is -0.144. The molecule has 5 nitrogen and oxygen atoms in total. The first-order valence-electron chi connectivity index (χ1n) is 7.41. The maximum absolute atomic E-state index is 12.5. The van der Waals surface area contributed by atoms with E-state index in [2.05, 4.69) is 0 Å². The minimum atomic E-state index is -0.546. The van der Waals surface area contributed by atoms with Crippen molar-refractivity contribution in [3.05, 3.63) is 35.9 Å². The first-order valence-corrected chi connectivity index (χ1v) is 7.41. The van der Waals surface area contributed by atoms with Crippen molar-refractivity contribution < 1.29 is 19.1 Å². The van der Waals surface area contributed by atoms with Gasteiger partial charge in [0.05, 0.1) is 6.04 Å². The Morgan fingerprint density at radius 2 is 2.05 bits per heavy atom. The Bertz CT molecular complexity index is 510. The van der Waals surface area contributed by atoms with Crippen LogP contribution in [-0.4, -0.2) is 42.3 Å². The third kappa shape index (κ3) is 3.08. The fourth-order valence-electron chi connectivity index (χ4n) is 2.86. The van der Waals surface area contributed by atoms with Crippen molar-refractivity contribution in [2.45, 2.75) is 37.8 Å². The minimum Gasteiger partial charge on any atom is -0.447 e. The van der Waals surface area contributed by atoms with Gasteiger partial charge >= 0.3 is 6.09 Å². The quantitative estimate of drug-likeness (QED) is 0.855. The highest BCUT2D eigenvalue weighted by Crippen LogP contribution is 2.22. The molecule has 1 unspecified atom stereocenters. The van der Waals surface area contributed by atoms with E-state index in [1.807, 2.05) is 30.3 Å². The molecule has 0 aliphatic carbocycles. The van der Waals surface area contributed by atoms with Crippen LogP contribution >= 0.6 is 0 Å². The summed E-state index contributed by atoms with van der Waals surface area (Å²) in [6.07, 6.45) is 2.19. The van der Waals surface area contributed by atoms with Crippen LogP contribution < -0.4 is 0 Å². The molecule has 2 saturated heterocycles. The van der Waals surface area contributed by atoms with Crippen LogP contribution in [0.15, 0.2) is 30.3 Å². The summed E-state index contributed by atoms with van der Waals surface area (Å²) in [5.41, 5.74) is 1.09. The summed E-state index contributed by atoms with van der Waals surface area (Å²) < 4.78 is 10.6. The van der Waals surface area contributed by atoms with Gasteiger partial charge in [0, 0.05) is 6.61 Å². The number of carbonyl (C=O) groups is 2. The molecule has 21 heavy (non-hydrogen) atoms. The predicted octanol–water partition coefficient (Wildman–Crippen LogP) is 2.15. The second-order valence-corrected chi connectivity index (χ2v) is 5.48. The molecule has 3 rings (SSSR count). The molecule has 0 radical (unpaired) electrons. The van der Waals surface area contributed by atoms with Crippen molar-refractivity contribution in [2.75, 3.05) is 13.2 Å². The highest BCUT2D eigenvalue weighted by Gasteiger charge is 2.41. The van der Waals surface area contributed by atoms with E-state index in [9.17, 15) is 9.59 Å². The van der Waals surface area contributed by atoms with Gasteiger partial charge in [-0.2, -0.15) is 0 Å². The topological polar surface area (TPSA) is 55.8 Å². The molecule has 2 aliphatic heterocycles. The zero-order valence-corrected chi connectivity index (χ0v) is 11.9. The third-order valence-corrected chi connectivity index (χ3v) is 3.97. The average molecular weight is 289 g/mol. The summed E-state index contributed by atoms with van der Waals surface area (Å²) >= 11 is 0. The van der Waals surface area contributed by atoms with Crippen LogP contribution in [0.3, 0.4) is 0 Å². The molecular formula is C16H19NO4. The lowest BCUT2D eigenvalue weighted by atomic mass is 10.0. The number of nitrogens with zero attached hydrogens (tertiary/aromatic N) is 1. The highest BCUT2D eigenvalue weighted by molar-refractivity contribution is 5.96. The smallest absolute Gasteiger partial charge is 0.417 e. The van der Waals surface area contributed by atoms with Crippen LogP contribution in [0.4, 0.5) is 4.79 Å². The van der Waals surface area contributed by atoms with E-state index in [0.717, 1.165) is 18.4 Å². The standard InChI is InChI=1S/C16H19NO4/c18-15(14-8-4-5-9-20-14)17-13(11-21-16(17)19)10-12-6-2-1-3-7-12/h1-3,6-7,13-14H,4-5,8-11H2/t13-,14?/m0/s1. The van der Waals surface area contributed by atoms with Gasteiger partial charge in [0.2, 0.25) is 0 Å². The summed E-state index contributed by atoms with van der Waals surface area (Å²) in [5.74, 6) is -0.252. The predicted molar refractivity (Wildman–Crippen MR) is 75.7 cm³/mol. The van der Waals surface area contributed by atoms with E-state index in [0.29, 0.717) is 19.4 Å². The molecule has 0 bridgehead atoms. The summed E-state index contributed by atoms with van der Waals surface area (Å²) in [4.78, 5) is 25.7. The van der Waals surface area contributed by atoms with Gasteiger partial charge in [-0.1, -0.05) is 30.3 Å². The van der Waals surface area contributed by atoms with E-state index < -0.39 is 12.2 Å². The number of amides is 2. The first kappa shape index (κ1) is 14.1. The molecule has 2 amide bonds. The molecule has 0 N–H and O–H groups in total. The first-order chi connectivity index (χ1) is 10.3. The lowest BCUT2D eigenvalue weighted by Crippen LogP contribution is -2.47. The number of hydrogen-bond acceptors (Lipinski definition) is 4. The fourth-order valence-corrected chi connectivity index (χ4v) is 2.86. The van der Waals surface area contributed by atoms with Gasteiger partial charge in [-0.25, -0.2) is 9.69 Å². The van der Waals surface area contributed by atoms with Crippen LogP contribution in [0.5, 0.6) is 0 Å². The molecule has 2 heterocycles. The maximum Gasteiger partial charge on any atom is 0.417 e. The molecule has 1 aromatic carbocycles. The Hall–Kier alpha value is -1.88. The van der Waals surface area contributed by atoms with E-state index in [1.54, 1.807) is 0 Å². The lowest BCUT2D eigenvalue weighted by Gasteiger charge is -2.27. The van der Waals surface area contributed by atoms with Crippen molar-refractivity contribution in [1.29, 1.82) is 0 Å². The Balaban J connectivity index is 1.71. The van der Waals surface area contributed by atoms with Crippen molar-refractivity contribution >= 4 is 12.0 Å². The summed E-state index contributed by atoms with van der Waals surface area (Å²) in [5, 5.41) is 0. The van der Waals surface area contributed by atoms with Crippen LogP contribution in [0, 0.1) is 0 Å². The van der Waals surface area contributed by atoms with Gasteiger partial charge in [0.1, 0.15) is 12.7 Å². The normalized spacial score (nSPS) is 25.7. The van der Waals surface area contributed by atoms with Crippen molar-refractivity contribution in [3.8, 4) is 0 Å². The van der Waals surface area contributed by atoms with Gasteiger partial charge in [0.25, 0.3) is 5.91 Å². The molecule has 0 saturated carbocycles. The van der Waals surface area contributed by atoms with Crippen molar-refractivity contribution in [1.82, 2.24) is 4.90 Å². The molecule has 1 aromatic rings.